The molecular formula is C15H22FN3O3. The van der Waals surface area contributed by atoms with Gasteiger partial charge in [-0.2, -0.15) is 0 Å². The Balaban J connectivity index is 2.12. The van der Waals surface area contributed by atoms with Crippen LogP contribution in [0.1, 0.15) is 19.8 Å². The summed E-state index contributed by atoms with van der Waals surface area (Å²) in [6.07, 6.45) is 1.96. The number of benzene rings is 1. The van der Waals surface area contributed by atoms with E-state index in [0.29, 0.717) is 11.6 Å². The second-order valence-electron chi connectivity index (χ2n) is 5.47. The lowest BCUT2D eigenvalue weighted by Gasteiger charge is -2.34. The number of hydrogen-bond donors (Lipinski definition) is 1. The van der Waals surface area contributed by atoms with Gasteiger partial charge in [-0.1, -0.05) is 6.92 Å². The molecule has 0 saturated carbocycles. The molecule has 0 aromatic heterocycles. The molecule has 1 aliphatic heterocycles. The van der Waals surface area contributed by atoms with Gasteiger partial charge in [-0.15, -0.1) is 0 Å². The van der Waals surface area contributed by atoms with Gasteiger partial charge in [0.2, 0.25) is 0 Å². The van der Waals surface area contributed by atoms with E-state index in [0.717, 1.165) is 45.1 Å². The molecule has 6 nitrogen and oxygen atoms in total. The summed E-state index contributed by atoms with van der Waals surface area (Å²) >= 11 is 0. The molecule has 0 spiro atoms. The minimum absolute atomic E-state index is 0.0937. The van der Waals surface area contributed by atoms with Gasteiger partial charge in [0.25, 0.3) is 0 Å². The Morgan fingerprint density at radius 1 is 1.45 bits per heavy atom. The van der Waals surface area contributed by atoms with Gasteiger partial charge in [0, 0.05) is 19.2 Å². The van der Waals surface area contributed by atoms with Crippen LogP contribution in [0.4, 0.5) is 15.8 Å². The van der Waals surface area contributed by atoms with E-state index in [2.05, 4.69) is 12.2 Å². The third-order valence-electron chi connectivity index (χ3n) is 4.08. The standard InChI is InChI=1S/C15H22FN3O3/c1-3-17-10-11-4-6-18(7-5-11)13-9-15(22-2)14(19(20)21)8-12(13)16/h8-9,11,17H,3-7,10H2,1-2H3. The smallest absolute Gasteiger partial charge is 0.313 e. The van der Waals surface area contributed by atoms with Crippen LogP contribution in [0.2, 0.25) is 0 Å². The maximum Gasteiger partial charge on any atom is 0.313 e. The first-order chi connectivity index (χ1) is 10.6. The van der Waals surface area contributed by atoms with Gasteiger partial charge in [0.05, 0.1) is 23.8 Å². The normalized spacial score (nSPS) is 15.9. The highest BCUT2D eigenvalue weighted by Gasteiger charge is 2.25. The lowest BCUT2D eigenvalue weighted by Crippen LogP contribution is -2.37. The maximum atomic E-state index is 14.2. The van der Waals surface area contributed by atoms with Crippen LogP contribution in [0.3, 0.4) is 0 Å². The molecule has 0 amide bonds. The van der Waals surface area contributed by atoms with Crippen LogP contribution >= 0.6 is 0 Å². The number of nitro benzene ring substituents is 1. The number of halogens is 1. The van der Waals surface area contributed by atoms with Crippen LogP contribution in [-0.2, 0) is 0 Å². The Morgan fingerprint density at radius 3 is 2.68 bits per heavy atom. The topological polar surface area (TPSA) is 67.6 Å². The Kier molecular flexibility index (Phi) is 5.54. The number of nitrogens with one attached hydrogen (secondary N) is 1. The number of nitro groups is 1. The second-order valence-corrected chi connectivity index (χ2v) is 5.47. The summed E-state index contributed by atoms with van der Waals surface area (Å²) in [6.45, 7) is 5.50. The van der Waals surface area contributed by atoms with Crippen molar-refractivity contribution in [1.82, 2.24) is 5.32 Å². The molecule has 122 valence electrons. The van der Waals surface area contributed by atoms with E-state index in [1.54, 1.807) is 0 Å². The lowest BCUT2D eigenvalue weighted by atomic mass is 9.96. The van der Waals surface area contributed by atoms with Gasteiger partial charge < -0.3 is 15.0 Å². The van der Waals surface area contributed by atoms with Crippen LogP contribution in [0, 0.1) is 21.8 Å². The SMILES string of the molecule is CCNCC1CCN(c2cc(OC)c([N+](=O)[O-])cc2F)CC1. The molecule has 0 aliphatic carbocycles. The van der Waals surface area contributed by atoms with Crippen molar-refractivity contribution in [3.63, 3.8) is 0 Å². The van der Waals surface area contributed by atoms with Crippen molar-refractivity contribution >= 4 is 11.4 Å². The van der Waals surface area contributed by atoms with Crippen molar-refractivity contribution in [3.8, 4) is 5.75 Å². The Labute approximate surface area is 129 Å². The average molecular weight is 311 g/mol. The first kappa shape index (κ1) is 16.5. The van der Waals surface area contributed by atoms with E-state index < -0.39 is 10.7 Å². The molecule has 2 rings (SSSR count). The molecule has 7 heteroatoms. The number of methoxy groups -OCH3 is 1. The van der Waals surface area contributed by atoms with Gasteiger partial charge in [0.1, 0.15) is 0 Å². The van der Waals surface area contributed by atoms with Gasteiger partial charge in [-0.05, 0) is 31.8 Å². The zero-order valence-electron chi connectivity index (χ0n) is 13.0. The first-order valence-electron chi connectivity index (χ1n) is 7.54. The van der Waals surface area contributed by atoms with Crippen LogP contribution < -0.4 is 15.0 Å². The Morgan fingerprint density at radius 2 is 2.14 bits per heavy atom. The molecule has 1 fully saturated rings. The largest absolute Gasteiger partial charge is 0.490 e. The van der Waals surface area contributed by atoms with Crippen molar-refractivity contribution in [2.75, 3.05) is 38.2 Å². The quantitative estimate of drug-likeness (QED) is 0.646. The fourth-order valence-electron chi connectivity index (χ4n) is 2.81. The molecule has 1 aromatic carbocycles. The summed E-state index contributed by atoms with van der Waals surface area (Å²) in [4.78, 5) is 12.2. The fraction of sp³-hybridized carbons (Fsp3) is 0.600. The van der Waals surface area contributed by atoms with Crippen molar-refractivity contribution in [3.05, 3.63) is 28.1 Å². The summed E-state index contributed by atoms with van der Waals surface area (Å²) in [5.41, 5.74) is 0.0372. The zero-order valence-corrected chi connectivity index (χ0v) is 13.0. The number of hydrogen-bond acceptors (Lipinski definition) is 5. The van der Waals surface area contributed by atoms with Gasteiger partial charge in [0.15, 0.2) is 11.6 Å². The van der Waals surface area contributed by atoms with Crippen molar-refractivity contribution in [2.45, 2.75) is 19.8 Å². The van der Waals surface area contributed by atoms with Gasteiger partial charge in [-0.25, -0.2) is 4.39 Å². The molecule has 1 aromatic rings. The van der Waals surface area contributed by atoms with Gasteiger partial charge in [-0.3, -0.25) is 10.1 Å². The molecule has 0 radical (unpaired) electrons. The van der Waals surface area contributed by atoms with Crippen LogP contribution in [0.25, 0.3) is 0 Å². The highest BCUT2D eigenvalue weighted by Crippen LogP contribution is 2.35. The highest BCUT2D eigenvalue weighted by molar-refractivity contribution is 5.60. The molecule has 1 saturated heterocycles. The van der Waals surface area contributed by atoms with Crippen molar-refractivity contribution in [2.24, 2.45) is 5.92 Å². The summed E-state index contributed by atoms with van der Waals surface area (Å²) in [7, 11) is 1.35. The van der Waals surface area contributed by atoms with E-state index >= 15 is 0 Å². The summed E-state index contributed by atoms with van der Waals surface area (Å²) in [6, 6.07) is 2.37. The fourth-order valence-corrected chi connectivity index (χ4v) is 2.81. The number of piperidine rings is 1. The van der Waals surface area contributed by atoms with E-state index in [9.17, 15) is 14.5 Å². The number of rotatable bonds is 6. The number of anilines is 1. The minimum atomic E-state index is -0.631. The number of ether oxygens (including phenoxy) is 1. The molecule has 0 atom stereocenters. The van der Waals surface area contributed by atoms with E-state index in [1.165, 1.54) is 13.2 Å². The monoisotopic (exact) mass is 311 g/mol. The molecule has 1 N–H and O–H groups in total. The molecule has 22 heavy (non-hydrogen) atoms. The zero-order chi connectivity index (χ0) is 16.1. The predicted molar refractivity (Wildman–Crippen MR) is 83.1 cm³/mol. The summed E-state index contributed by atoms with van der Waals surface area (Å²) in [5, 5.41) is 14.2. The molecular weight excluding hydrogens is 289 g/mol. The summed E-state index contributed by atoms with van der Waals surface area (Å²) < 4.78 is 19.2. The highest BCUT2D eigenvalue weighted by atomic mass is 19.1. The predicted octanol–water partition coefficient (Wildman–Crippen LogP) is 2.57. The Bertz CT molecular complexity index is 531. The third kappa shape index (κ3) is 3.65. The number of nitrogens with zero attached hydrogens (tertiary/aromatic N) is 2. The lowest BCUT2D eigenvalue weighted by molar-refractivity contribution is -0.385. The molecule has 0 unspecified atom stereocenters. The molecule has 1 aliphatic rings. The maximum absolute atomic E-state index is 14.2. The van der Waals surface area contributed by atoms with E-state index in [1.807, 2.05) is 4.90 Å². The van der Waals surface area contributed by atoms with Crippen LogP contribution in [0.15, 0.2) is 12.1 Å². The van der Waals surface area contributed by atoms with Crippen molar-refractivity contribution in [1.29, 1.82) is 0 Å². The molecule has 0 bridgehead atoms. The third-order valence-corrected chi connectivity index (χ3v) is 4.08. The van der Waals surface area contributed by atoms with Crippen LogP contribution in [-0.4, -0.2) is 38.2 Å². The minimum Gasteiger partial charge on any atom is -0.490 e. The van der Waals surface area contributed by atoms with Crippen LogP contribution in [0.5, 0.6) is 5.75 Å². The summed E-state index contributed by atoms with van der Waals surface area (Å²) in [5.74, 6) is 0.119. The Hall–Kier alpha value is -1.89. The average Bonchev–Trinajstić information content (AvgIpc) is 2.53. The van der Waals surface area contributed by atoms with Gasteiger partial charge >= 0.3 is 5.69 Å². The first-order valence-corrected chi connectivity index (χ1v) is 7.54. The van der Waals surface area contributed by atoms with E-state index in [4.69, 9.17) is 4.74 Å². The van der Waals surface area contributed by atoms with Crippen molar-refractivity contribution < 1.29 is 14.1 Å². The molecule has 1 heterocycles. The second kappa shape index (κ2) is 7.40. The van der Waals surface area contributed by atoms with E-state index in [-0.39, 0.29) is 11.4 Å².